The van der Waals surface area contributed by atoms with Gasteiger partial charge in [-0.1, -0.05) is 11.6 Å². The monoisotopic (exact) mass is 382 g/mol. The first kappa shape index (κ1) is 17.8. The molecule has 3 rings (SSSR count). The summed E-state index contributed by atoms with van der Waals surface area (Å²) in [4.78, 5) is 30.1. The highest BCUT2D eigenvalue weighted by molar-refractivity contribution is 7.14. The van der Waals surface area contributed by atoms with Gasteiger partial charge in [0.25, 0.3) is 0 Å². The van der Waals surface area contributed by atoms with Crippen molar-refractivity contribution in [2.75, 3.05) is 32.2 Å². The molecule has 0 aliphatic carbocycles. The van der Waals surface area contributed by atoms with E-state index in [2.05, 4.69) is 9.88 Å². The number of rotatable bonds is 4. The lowest BCUT2D eigenvalue weighted by Crippen LogP contribution is -2.37. The van der Waals surface area contributed by atoms with Crippen LogP contribution in [0.4, 0.5) is 5.82 Å². The van der Waals surface area contributed by atoms with Crippen LogP contribution in [0.3, 0.4) is 0 Å². The Balaban J connectivity index is 1.88. The van der Waals surface area contributed by atoms with Gasteiger partial charge in [0.2, 0.25) is 0 Å². The third-order valence-electron chi connectivity index (χ3n) is 4.41. The van der Waals surface area contributed by atoms with Crippen molar-refractivity contribution in [3.05, 3.63) is 28.1 Å². The molecule has 2 aromatic rings. The van der Waals surface area contributed by atoms with Gasteiger partial charge in [-0.3, -0.25) is 4.79 Å². The number of methoxy groups -OCH3 is 2. The number of esters is 2. The van der Waals surface area contributed by atoms with Gasteiger partial charge in [-0.05, 0) is 30.4 Å². The number of hydrogen-bond donors (Lipinski definition) is 1. The van der Waals surface area contributed by atoms with Crippen LogP contribution in [-0.4, -0.2) is 44.2 Å². The lowest BCUT2D eigenvalue weighted by atomic mass is 9.97. The highest BCUT2D eigenvalue weighted by Crippen LogP contribution is 2.37. The first-order valence-electron chi connectivity index (χ1n) is 7.92. The summed E-state index contributed by atoms with van der Waals surface area (Å²) in [5, 5.41) is 2.54. The first-order chi connectivity index (χ1) is 12.0. The number of H-pyrrole nitrogens is 1. The predicted octanol–water partition coefficient (Wildman–Crippen LogP) is 3.57. The molecule has 0 spiro atoms. The Labute approximate surface area is 154 Å². The molecule has 1 saturated heterocycles. The van der Waals surface area contributed by atoms with Crippen LogP contribution in [0, 0.1) is 5.92 Å². The van der Waals surface area contributed by atoms with Gasteiger partial charge in [-0.25, -0.2) is 4.79 Å². The normalized spacial score (nSPS) is 15.2. The Bertz CT molecular complexity index is 777. The fourth-order valence-electron chi connectivity index (χ4n) is 3.07. The molecule has 2 aromatic heterocycles. The van der Waals surface area contributed by atoms with E-state index in [0.29, 0.717) is 42.3 Å². The summed E-state index contributed by atoms with van der Waals surface area (Å²) in [7, 11) is 2.77. The van der Waals surface area contributed by atoms with E-state index in [1.807, 2.05) is 11.4 Å². The standard InChI is InChI=1S/C17H19ClN2O4S/c1-23-16(21)10-3-6-20(7-4-10)15-11(17(22)24-2)9-13(19-15)14-12(18)5-8-25-14/h5,8-10,19H,3-4,6-7H2,1-2H3. The van der Waals surface area contributed by atoms with E-state index >= 15 is 0 Å². The SMILES string of the molecule is COC(=O)c1cc(-c2sccc2Cl)[nH]c1N1CCC(C(=O)OC)CC1. The number of aromatic nitrogens is 1. The summed E-state index contributed by atoms with van der Waals surface area (Å²) in [6.07, 6.45) is 1.36. The lowest BCUT2D eigenvalue weighted by molar-refractivity contribution is -0.146. The van der Waals surface area contributed by atoms with E-state index in [1.54, 1.807) is 6.07 Å². The maximum atomic E-state index is 12.2. The summed E-state index contributed by atoms with van der Waals surface area (Å²) in [6, 6.07) is 3.59. The fraction of sp³-hybridized carbons (Fsp3) is 0.412. The van der Waals surface area contributed by atoms with Crippen molar-refractivity contribution in [1.82, 2.24) is 4.98 Å². The van der Waals surface area contributed by atoms with Crippen molar-refractivity contribution >= 4 is 40.7 Å². The van der Waals surface area contributed by atoms with Crippen molar-refractivity contribution in [2.45, 2.75) is 12.8 Å². The summed E-state index contributed by atoms with van der Waals surface area (Å²) in [5.74, 6) is 0.0317. The summed E-state index contributed by atoms with van der Waals surface area (Å²) >= 11 is 7.72. The number of thiophene rings is 1. The van der Waals surface area contributed by atoms with Crippen LogP contribution < -0.4 is 4.90 Å². The molecule has 0 aromatic carbocycles. The van der Waals surface area contributed by atoms with E-state index in [4.69, 9.17) is 21.1 Å². The van der Waals surface area contributed by atoms with E-state index in [-0.39, 0.29) is 11.9 Å². The fourth-order valence-corrected chi connectivity index (χ4v) is 4.20. The zero-order valence-corrected chi connectivity index (χ0v) is 15.6. The highest BCUT2D eigenvalue weighted by Gasteiger charge is 2.29. The zero-order chi connectivity index (χ0) is 18.0. The number of piperidine rings is 1. The first-order valence-corrected chi connectivity index (χ1v) is 9.18. The minimum Gasteiger partial charge on any atom is -0.469 e. The van der Waals surface area contributed by atoms with Crippen molar-refractivity contribution in [2.24, 2.45) is 5.92 Å². The Morgan fingerprint density at radius 1 is 1.28 bits per heavy atom. The van der Waals surface area contributed by atoms with Crippen molar-refractivity contribution in [3.63, 3.8) is 0 Å². The number of aromatic amines is 1. The maximum absolute atomic E-state index is 12.2. The number of halogens is 1. The van der Waals surface area contributed by atoms with Crippen LogP contribution in [0.15, 0.2) is 17.5 Å². The molecule has 8 heteroatoms. The Hall–Kier alpha value is -1.99. The van der Waals surface area contributed by atoms with Gasteiger partial charge >= 0.3 is 11.9 Å². The minimum atomic E-state index is -0.403. The topological polar surface area (TPSA) is 71.6 Å². The van der Waals surface area contributed by atoms with Crippen molar-refractivity contribution < 1.29 is 19.1 Å². The van der Waals surface area contributed by atoms with Gasteiger partial charge in [0.1, 0.15) is 11.4 Å². The Morgan fingerprint density at radius 3 is 2.56 bits per heavy atom. The van der Waals surface area contributed by atoms with Crippen LogP contribution in [-0.2, 0) is 14.3 Å². The molecule has 1 fully saturated rings. The van der Waals surface area contributed by atoms with Gasteiger partial charge in [-0.2, -0.15) is 0 Å². The molecule has 0 bridgehead atoms. The summed E-state index contributed by atoms with van der Waals surface area (Å²) < 4.78 is 9.74. The van der Waals surface area contributed by atoms with Gasteiger partial charge in [0.05, 0.1) is 35.7 Å². The number of anilines is 1. The number of nitrogens with zero attached hydrogens (tertiary/aromatic N) is 1. The zero-order valence-electron chi connectivity index (χ0n) is 14.0. The average molecular weight is 383 g/mol. The molecule has 1 aliphatic rings. The second-order valence-corrected chi connectivity index (χ2v) is 7.14. The molecule has 25 heavy (non-hydrogen) atoms. The largest absolute Gasteiger partial charge is 0.469 e. The third-order valence-corrected chi connectivity index (χ3v) is 5.78. The number of hydrogen-bond acceptors (Lipinski definition) is 6. The van der Waals surface area contributed by atoms with Gasteiger partial charge in [-0.15, -0.1) is 11.3 Å². The summed E-state index contributed by atoms with van der Waals surface area (Å²) in [6.45, 7) is 1.31. The highest BCUT2D eigenvalue weighted by atomic mass is 35.5. The van der Waals surface area contributed by atoms with Gasteiger partial charge in [0, 0.05) is 13.1 Å². The molecule has 6 nitrogen and oxygen atoms in total. The molecule has 0 unspecified atom stereocenters. The minimum absolute atomic E-state index is 0.0935. The molecule has 0 radical (unpaired) electrons. The average Bonchev–Trinajstić information content (AvgIpc) is 3.26. The number of carbonyl (C=O) groups is 2. The summed E-state index contributed by atoms with van der Waals surface area (Å²) in [5.41, 5.74) is 1.25. The smallest absolute Gasteiger partial charge is 0.341 e. The van der Waals surface area contributed by atoms with E-state index in [1.165, 1.54) is 25.6 Å². The van der Waals surface area contributed by atoms with Crippen LogP contribution in [0.2, 0.25) is 5.02 Å². The molecule has 0 atom stereocenters. The van der Waals surface area contributed by atoms with E-state index < -0.39 is 5.97 Å². The second-order valence-electron chi connectivity index (χ2n) is 5.82. The molecule has 1 aliphatic heterocycles. The third kappa shape index (κ3) is 3.52. The van der Waals surface area contributed by atoms with Gasteiger partial charge < -0.3 is 19.4 Å². The van der Waals surface area contributed by atoms with Crippen LogP contribution in [0.1, 0.15) is 23.2 Å². The van der Waals surface area contributed by atoms with Crippen LogP contribution >= 0.6 is 22.9 Å². The van der Waals surface area contributed by atoms with Crippen LogP contribution in [0.5, 0.6) is 0 Å². The lowest BCUT2D eigenvalue weighted by Gasteiger charge is -2.32. The van der Waals surface area contributed by atoms with E-state index in [0.717, 1.165) is 10.6 Å². The number of nitrogens with one attached hydrogen (secondary N) is 1. The molecular formula is C17H19ClN2O4S. The number of carbonyl (C=O) groups excluding carboxylic acids is 2. The number of ether oxygens (including phenoxy) is 2. The molecular weight excluding hydrogens is 364 g/mol. The molecule has 134 valence electrons. The quantitative estimate of drug-likeness (QED) is 0.818. The van der Waals surface area contributed by atoms with Crippen LogP contribution in [0.25, 0.3) is 10.6 Å². The predicted molar refractivity (Wildman–Crippen MR) is 97.4 cm³/mol. The van der Waals surface area contributed by atoms with E-state index in [9.17, 15) is 9.59 Å². The molecule has 3 heterocycles. The van der Waals surface area contributed by atoms with Crippen molar-refractivity contribution in [1.29, 1.82) is 0 Å². The van der Waals surface area contributed by atoms with Gasteiger partial charge in [0.15, 0.2) is 0 Å². The van der Waals surface area contributed by atoms with Crippen molar-refractivity contribution in [3.8, 4) is 10.6 Å². The Morgan fingerprint density at radius 2 is 2.00 bits per heavy atom. The molecule has 0 saturated carbocycles. The molecule has 0 amide bonds. The maximum Gasteiger partial charge on any atom is 0.341 e. The second kappa shape index (κ2) is 7.49. The Kier molecular flexibility index (Phi) is 5.34. The molecule has 1 N–H and O–H groups in total.